The quantitative estimate of drug-likeness (QED) is 0.0365. The summed E-state index contributed by atoms with van der Waals surface area (Å²) in [6, 6.07) is 36.2. The van der Waals surface area contributed by atoms with Gasteiger partial charge in [0.2, 0.25) is 17.4 Å². The standard InChI is InChI=1S/C45H46N4O7/c1-3-4-9-26-37(51)47-42(53)40-34(27-31-18-10-5-11-19-31)28-36(50)41(39(40)33-22-14-7-15-23-33)48-43(54)45(2,44(55)56-30-32-20-12-6-13-21-32)49(38(52)29-46)35-24-16-8-17-25-35/h5-8,10-25,28,50H,3-4,9,26-27,29-30,46H2,1-2H3,(H,48,54)(H,47,51,53)/t45-/m0/s1. The van der Waals surface area contributed by atoms with Crippen molar-refractivity contribution >= 4 is 41.0 Å². The van der Waals surface area contributed by atoms with Crippen LogP contribution in [0.25, 0.3) is 11.1 Å². The summed E-state index contributed by atoms with van der Waals surface area (Å²) in [6.45, 7) is 2.47. The summed E-state index contributed by atoms with van der Waals surface area (Å²) in [5, 5.41) is 17.1. The lowest BCUT2D eigenvalue weighted by Gasteiger charge is -2.38. The lowest BCUT2D eigenvalue weighted by atomic mass is 9.88. The first kappa shape index (κ1) is 40.6. The number of para-hydroxylation sites is 1. The third-order valence-corrected chi connectivity index (χ3v) is 9.35. The van der Waals surface area contributed by atoms with Crippen molar-refractivity contribution in [2.24, 2.45) is 5.73 Å². The SMILES string of the molecule is CCCCCC(=O)NC(=O)c1c(Cc2ccccc2)cc(O)c(NC(=O)[C@@](C)(C(=O)OCc2ccccc2)N(C(=O)CN)c2ccccc2)c1-c1ccccc1. The fourth-order valence-corrected chi connectivity index (χ4v) is 6.45. The van der Waals surface area contributed by atoms with Crippen molar-refractivity contribution in [1.29, 1.82) is 0 Å². The van der Waals surface area contributed by atoms with Gasteiger partial charge in [-0.05, 0) is 60.2 Å². The van der Waals surface area contributed by atoms with Gasteiger partial charge in [0.15, 0.2) is 0 Å². The number of nitrogens with one attached hydrogen (secondary N) is 2. The number of ether oxygens (including phenoxy) is 1. The Balaban J connectivity index is 1.69. The molecule has 56 heavy (non-hydrogen) atoms. The molecule has 0 radical (unpaired) electrons. The first-order valence-corrected chi connectivity index (χ1v) is 18.5. The van der Waals surface area contributed by atoms with Gasteiger partial charge in [-0.2, -0.15) is 0 Å². The highest BCUT2D eigenvalue weighted by Gasteiger charge is 2.51. The van der Waals surface area contributed by atoms with Crippen LogP contribution in [-0.4, -0.2) is 46.8 Å². The third-order valence-electron chi connectivity index (χ3n) is 9.35. The highest BCUT2D eigenvalue weighted by atomic mass is 16.5. The molecular weight excluding hydrogens is 709 g/mol. The van der Waals surface area contributed by atoms with Crippen molar-refractivity contribution < 1.29 is 33.8 Å². The van der Waals surface area contributed by atoms with Crippen LogP contribution in [0.15, 0.2) is 127 Å². The van der Waals surface area contributed by atoms with E-state index in [2.05, 4.69) is 10.6 Å². The second-order valence-electron chi connectivity index (χ2n) is 13.4. The predicted octanol–water partition coefficient (Wildman–Crippen LogP) is 6.92. The number of aromatic hydroxyl groups is 1. The molecule has 5 aromatic carbocycles. The van der Waals surface area contributed by atoms with Crippen LogP contribution in [0.3, 0.4) is 0 Å². The molecule has 0 saturated heterocycles. The van der Waals surface area contributed by atoms with E-state index >= 15 is 0 Å². The molecule has 0 fully saturated rings. The van der Waals surface area contributed by atoms with Crippen molar-refractivity contribution in [3.63, 3.8) is 0 Å². The molecule has 11 nitrogen and oxygen atoms in total. The van der Waals surface area contributed by atoms with E-state index in [9.17, 15) is 29.1 Å². The fourth-order valence-electron chi connectivity index (χ4n) is 6.45. The highest BCUT2D eigenvalue weighted by Crippen LogP contribution is 2.42. The minimum absolute atomic E-state index is 0.0308. The summed E-state index contributed by atoms with van der Waals surface area (Å²) >= 11 is 0. The first-order chi connectivity index (χ1) is 27.1. The summed E-state index contributed by atoms with van der Waals surface area (Å²) in [5.74, 6) is -4.54. The first-order valence-electron chi connectivity index (χ1n) is 18.5. The Morgan fingerprint density at radius 1 is 0.786 bits per heavy atom. The minimum Gasteiger partial charge on any atom is -0.506 e. The second kappa shape index (κ2) is 19.1. The molecule has 5 N–H and O–H groups in total. The summed E-state index contributed by atoms with van der Waals surface area (Å²) < 4.78 is 5.73. The van der Waals surface area contributed by atoms with E-state index in [-0.39, 0.29) is 42.0 Å². The lowest BCUT2D eigenvalue weighted by molar-refractivity contribution is -0.155. The largest absolute Gasteiger partial charge is 0.506 e. The topological polar surface area (TPSA) is 168 Å². The van der Waals surface area contributed by atoms with Crippen LogP contribution in [-0.2, 0) is 36.9 Å². The molecule has 0 spiro atoms. The Bertz CT molecular complexity index is 2150. The van der Waals surface area contributed by atoms with Crippen LogP contribution in [0.5, 0.6) is 5.75 Å². The highest BCUT2D eigenvalue weighted by molar-refractivity contribution is 6.22. The van der Waals surface area contributed by atoms with E-state index in [1.54, 1.807) is 91.0 Å². The zero-order valence-electron chi connectivity index (χ0n) is 31.5. The Kier molecular flexibility index (Phi) is 13.9. The molecule has 0 unspecified atom stereocenters. The summed E-state index contributed by atoms with van der Waals surface area (Å²) in [5.41, 5.74) is 5.80. The van der Waals surface area contributed by atoms with Gasteiger partial charge in [0.05, 0.1) is 17.8 Å². The second-order valence-corrected chi connectivity index (χ2v) is 13.4. The van der Waals surface area contributed by atoms with Gasteiger partial charge < -0.3 is 20.9 Å². The number of hydrogen-bond acceptors (Lipinski definition) is 8. The molecule has 5 aromatic rings. The summed E-state index contributed by atoms with van der Waals surface area (Å²) in [4.78, 5) is 71.3. The number of unbranched alkanes of at least 4 members (excludes halogenated alkanes) is 2. The number of benzene rings is 5. The van der Waals surface area contributed by atoms with Crippen molar-refractivity contribution in [3.05, 3.63) is 150 Å². The maximum atomic E-state index is 14.9. The third kappa shape index (κ3) is 9.55. The average Bonchev–Trinajstić information content (AvgIpc) is 3.22. The van der Waals surface area contributed by atoms with E-state index in [4.69, 9.17) is 10.5 Å². The van der Waals surface area contributed by atoms with Gasteiger partial charge in [-0.15, -0.1) is 0 Å². The van der Waals surface area contributed by atoms with Crippen molar-refractivity contribution in [1.82, 2.24) is 5.32 Å². The monoisotopic (exact) mass is 754 g/mol. The van der Waals surface area contributed by atoms with Crippen LogP contribution in [0.2, 0.25) is 0 Å². The van der Waals surface area contributed by atoms with Gasteiger partial charge in [0.1, 0.15) is 12.4 Å². The van der Waals surface area contributed by atoms with E-state index in [0.29, 0.717) is 23.1 Å². The Morgan fingerprint density at radius 3 is 1.95 bits per heavy atom. The van der Waals surface area contributed by atoms with Gasteiger partial charge in [0, 0.05) is 17.7 Å². The van der Waals surface area contributed by atoms with Gasteiger partial charge in [-0.3, -0.25) is 29.4 Å². The van der Waals surface area contributed by atoms with Gasteiger partial charge >= 0.3 is 5.97 Å². The molecule has 0 aliphatic rings. The summed E-state index contributed by atoms with van der Waals surface area (Å²) in [6.07, 6.45) is 2.60. The smallest absolute Gasteiger partial charge is 0.342 e. The number of anilines is 2. The van der Waals surface area contributed by atoms with Crippen LogP contribution >= 0.6 is 0 Å². The number of esters is 1. The van der Waals surface area contributed by atoms with Gasteiger partial charge in [0.25, 0.3) is 11.8 Å². The molecular formula is C45H46N4O7. The number of phenolic OH excluding ortho intramolecular Hbond substituents is 1. The molecule has 1 atom stereocenters. The van der Waals surface area contributed by atoms with Crippen LogP contribution in [0, 0.1) is 0 Å². The Hall–Kier alpha value is -6.59. The van der Waals surface area contributed by atoms with Crippen molar-refractivity contribution in [2.75, 3.05) is 16.8 Å². The van der Waals surface area contributed by atoms with E-state index < -0.39 is 47.4 Å². The molecule has 0 heterocycles. The predicted molar refractivity (Wildman–Crippen MR) is 216 cm³/mol. The maximum Gasteiger partial charge on any atom is 0.342 e. The number of nitrogens with two attached hydrogens (primary N) is 1. The number of amides is 4. The maximum absolute atomic E-state index is 14.9. The van der Waals surface area contributed by atoms with Crippen LogP contribution < -0.4 is 21.3 Å². The fraction of sp³-hybridized carbons (Fsp3) is 0.222. The van der Waals surface area contributed by atoms with Gasteiger partial charge in [-0.25, -0.2) is 4.79 Å². The Morgan fingerprint density at radius 2 is 1.36 bits per heavy atom. The number of nitrogens with zero attached hydrogens (tertiary/aromatic N) is 1. The lowest BCUT2D eigenvalue weighted by Crippen LogP contribution is -2.64. The zero-order valence-corrected chi connectivity index (χ0v) is 31.5. The van der Waals surface area contributed by atoms with E-state index in [0.717, 1.165) is 23.3 Å². The Labute approximate surface area is 326 Å². The zero-order chi connectivity index (χ0) is 40.1. The molecule has 0 saturated carbocycles. The van der Waals surface area contributed by atoms with Crippen LogP contribution in [0.1, 0.15) is 66.6 Å². The van der Waals surface area contributed by atoms with E-state index in [1.807, 2.05) is 37.3 Å². The summed E-state index contributed by atoms with van der Waals surface area (Å²) in [7, 11) is 0. The molecule has 288 valence electrons. The molecule has 5 rings (SSSR count). The van der Waals surface area contributed by atoms with Gasteiger partial charge in [-0.1, -0.05) is 129 Å². The van der Waals surface area contributed by atoms with E-state index in [1.165, 1.54) is 13.0 Å². The van der Waals surface area contributed by atoms with Crippen LogP contribution in [0.4, 0.5) is 11.4 Å². The number of imide groups is 1. The van der Waals surface area contributed by atoms with Crippen molar-refractivity contribution in [3.8, 4) is 16.9 Å². The minimum atomic E-state index is -2.41. The number of carbonyl (C=O) groups is 5. The number of rotatable bonds is 16. The molecule has 0 aliphatic carbocycles. The number of phenols is 1. The molecule has 0 aliphatic heterocycles. The molecule has 0 bridgehead atoms. The molecule has 4 amide bonds. The van der Waals surface area contributed by atoms with Crippen molar-refractivity contribution in [2.45, 2.75) is 58.1 Å². The number of hydrogen-bond donors (Lipinski definition) is 4. The molecule has 11 heteroatoms. The number of carbonyl (C=O) groups excluding carboxylic acids is 5. The normalized spacial score (nSPS) is 11.8. The average molecular weight is 755 g/mol. The molecule has 0 aromatic heterocycles.